The molecule has 0 aliphatic carbocycles. The van der Waals surface area contributed by atoms with Crippen LogP contribution in [0.1, 0.15) is 29.3 Å². The predicted molar refractivity (Wildman–Crippen MR) is 69.0 cm³/mol. The maximum atomic E-state index is 11.9. The van der Waals surface area contributed by atoms with Gasteiger partial charge in [-0.15, -0.1) is 0 Å². The lowest BCUT2D eigenvalue weighted by Gasteiger charge is -2.13. The molecule has 0 saturated carbocycles. The van der Waals surface area contributed by atoms with E-state index in [9.17, 15) is 4.79 Å². The van der Waals surface area contributed by atoms with Gasteiger partial charge < -0.3 is 15.8 Å². The number of anilines is 1. The van der Waals surface area contributed by atoms with Crippen LogP contribution in [0.2, 0.25) is 0 Å². The SMILES string of the molecule is COCCC(C)NC(=O)c1cc(C)cc(N)c1. The Balaban J connectivity index is 2.63. The molecule has 3 N–H and O–H groups in total. The van der Waals surface area contributed by atoms with Gasteiger partial charge in [-0.2, -0.15) is 0 Å². The third-order valence-corrected chi connectivity index (χ3v) is 2.49. The Morgan fingerprint density at radius 1 is 1.47 bits per heavy atom. The molecule has 1 atom stereocenters. The first-order chi connectivity index (χ1) is 8.02. The second-order valence-electron chi connectivity index (χ2n) is 4.29. The molecular weight excluding hydrogens is 216 g/mol. The van der Waals surface area contributed by atoms with Gasteiger partial charge in [0.05, 0.1) is 0 Å². The van der Waals surface area contributed by atoms with Gasteiger partial charge in [0, 0.05) is 31.0 Å². The Hall–Kier alpha value is -1.55. The fraction of sp³-hybridized carbons (Fsp3) is 0.462. The highest BCUT2D eigenvalue weighted by Crippen LogP contribution is 2.11. The van der Waals surface area contributed by atoms with Gasteiger partial charge in [0.15, 0.2) is 0 Å². The largest absolute Gasteiger partial charge is 0.399 e. The molecule has 0 bridgehead atoms. The van der Waals surface area contributed by atoms with Gasteiger partial charge in [0.25, 0.3) is 5.91 Å². The molecule has 4 nitrogen and oxygen atoms in total. The molecule has 0 fully saturated rings. The van der Waals surface area contributed by atoms with Crippen LogP contribution >= 0.6 is 0 Å². The molecule has 1 unspecified atom stereocenters. The minimum atomic E-state index is -0.0935. The lowest BCUT2D eigenvalue weighted by atomic mass is 10.1. The lowest BCUT2D eigenvalue weighted by Crippen LogP contribution is -2.33. The monoisotopic (exact) mass is 236 g/mol. The van der Waals surface area contributed by atoms with Crippen LogP contribution in [-0.2, 0) is 4.74 Å². The number of amides is 1. The van der Waals surface area contributed by atoms with Crippen LogP contribution in [0, 0.1) is 6.92 Å². The molecule has 0 radical (unpaired) electrons. The highest BCUT2D eigenvalue weighted by molar-refractivity contribution is 5.95. The quantitative estimate of drug-likeness (QED) is 0.765. The summed E-state index contributed by atoms with van der Waals surface area (Å²) in [4.78, 5) is 11.9. The Kier molecular flexibility index (Phi) is 4.97. The van der Waals surface area contributed by atoms with Gasteiger partial charge in [-0.25, -0.2) is 0 Å². The van der Waals surface area contributed by atoms with Crippen molar-refractivity contribution in [1.29, 1.82) is 0 Å². The van der Waals surface area contributed by atoms with E-state index in [0.29, 0.717) is 17.9 Å². The zero-order chi connectivity index (χ0) is 12.8. The van der Waals surface area contributed by atoms with Crippen molar-refractivity contribution < 1.29 is 9.53 Å². The average Bonchev–Trinajstić information content (AvgIpc) is 2.25. The van der Waals surface area contributed by atoms with Crippen molar-refractivity contribution >= 4 is 11.6 Å². The molecule has 4 heteroatoms. The fourth-order valence-corrected chi connectivity index (χ4v) is 1.62. The summed E-state index contributed by atoms with van der Waals surface area (Å²) in [6, 6.07) is 5.44. The zero-order valence-electron chi connectivity index (χ0n) is 10.6. The smallest absolute Gasteiger partial charge is 0.251 e. The number of hydrogen-bond acceptors (Lipinski definition) is 3. The van der Waals surface area contributed by atoms with E-state index >= 15 is 0 Å². The van der Waals surface area contributed by atoms with Crippen LogP contribution in [0.25, 0.3) is 0 Å². The number of aryl methyl sites for hydroxylation is 1. The summed E-state index contributed by atoms with van der Waals surface area (Å²) >= 11 is 0. The first-order valence-corrected chi connectivity index (χ1v) is 5.70. The van der Waals surface area contributed by atoms with Crippen LogP contribution in [0.15, 0.2) is 18.2 Å². The molecule has 0 spiro atoms. The molecule has 94 valence electrons. The number of rotatable bonds is 5. The van der Waals surface area contributed by atoms with Crippen LogP contribution in [0.3, 0.4) is 0 Å². The Morgan fingerprint density at radius 2 is 2.18 bits per heavy atom. The van der Waals surface area contributed by atoms with Gasteiger partial charge in [0.1, 0.15) is 0 Å². The Morgan fingerprint density at radius 3 is 2.76 bits per heavy atom. The standard InChI is InChI=1S/C13H20N2O2/c1-9-6-11(8-12(14)7-9)13(16)15-10(2)4-5-17-3/h6-8,10H,4-5,14H2,1-3H3,(H,15,16). The maximum Gasteiger partial charge on any atom is 0.251 e. The topological polar surface area (TPSA) is 64.3 Å². The van der Waals surface area contributed by atoms with E-state index in [4.69, 9.17) is 10.5 Å². The van der Waals surface area contributed by atoms with Crippen LogP contribution < -0.4 is 11.1 Å². The minimum absolute atomic E-state index is 0.0872. The summed E-state index contributed by atoms with van der Waals surface area (Å²) in [5.74, 6) is -0.0935. The normalized spacial score (nSPS) is 12.2. The summed E-state index contributed by atoms with van der Waals surface area (Å²) in [7, 11) is 1.65. The molecule has 1 amide bonds. The molecule has 0 aliphatic heterocycles. The second kappa shape index (κ2) is 6.25. The Labute approximate surface area is 102 Å². The number of nitrogen functional groups attached to an aromatic ring is 1. The third kappa shape index (κ3) is 4.44. The number of carbonyl (C=O) groups is 1. The van der Waals surface area contributed by atoms with E-state index in [1.54, 1.807) is 13.2 Å². The van der Waals surface area contributed by atoms with Crippen molar-refractivity contribution in [1.82, 2.24) is 5.32 Å². The summed E-state index contributed by atoms with van der Waals surface area (Å²) in [5, 5.41) is 2.91. The van der Waals surface area contributed by atoms with Crippen molar-refractivity contribution in [2.24, 2.45) is 0 Å². The predicted octanol–water partition coefficient (Wildman–Crippen LogP) is 1.73. The van der Waals surface area contributed by atoms with Gasteiger partial charge in [-0.3, -0.25) is 4.79 Å². The number of nitrogens with two attached hydrogens (primary N) is 1. The molecule has 17 heavy (non-hydrogen) atoms. The molecule has 0 aliphatic rings. The highest BCUT2D eigenvalue weighted by Gasteiger charge is 2.10. The fourth-order valence-electron chi connectivity index (χ4n) is 1.62. The number of nitrogens with one attached hydrogen (secondary N) is 1. The van der Waals surface area contributed by atoms with Gasteiger partial charge in [0.2, 0.25) is 0 Å². The van der Waals surface area contributed by atoms with Crippen LogP contribution in [0.5, 0.6) is 0 Å². The van der Waals surface area contributed by atoms with E-state index in [1.807, 2.05) is 26.0 Å². The van der Waals surface area contributed by atoms with E-state index in [0.717, 1.165) is 12.0 Å². The third-order valence-electron chi connectivity index (χ3n) is 2.49. The Bertz CT molecular complexity index is 371. The maximum absolute atomic E-state index is 11.9. The molecule has 1 rings (SSSR count). The summed E-state index contributed by atoms with van der Waals surface area (Å²) in [6.45, 7) is 4.51. The van der Waals surface area contributed by atoms with Gasteiger partial charge >= 0.3 is 0 Å². The van der Waals surface area contributed by atoms with E-state index in [2.05, 4.69) is 5.32 Å². The number of carbonyl (C=O) groups excluding carboxylic acids is 1. The summed E-state index contributed by atoms with van der Waals surface area (Å²) in [5.41, 5.74) is 7.91. The first kappa shape index (κ1) is 13.5. The van der Waals surface area contributed by atoms with Gasteiger partial charge in [-0.05, 0) is 44.0 Å². The molecule has 0 saturated heterocycles. The number of hydrogen-bond donors (Lipinski definition) is 2. The summed E-state index contributed by atoms with van der Waals surface area (Å²) in [6.07, 6.45) is 0.795. The molecule has 1 aromatic rings. The molecule has 0 heterocycles. The summed E-state index contributed by atoms with van der Waals surface area (Å²) < 4.78 is 4.97. The number of methoxy groups -OCH3 is 1. The van der Waals surface area contributed by atoms with E-state index in [1.165, 1.54) is 0 Å². The number of ether oxygens (including phenoxy) is 1. The first-order valence-electron chi connectivity index (χ1n) is 5.70. The van der Waals surface area contributed by atoms with Crippen molar-refractivity contribution in [3.05, 3.63) is 29.3 Å². The van der Waals surface area contributed by atoms with Crippen LogP contribution in [0.4, 0.5) is 5.69 Å². The second-order valence-corrected chi connectivity index (χ2v) is 4.29. The molecule has 0 aromatic heterocycles. The number of benzene rings is 1. The zero-order valence-corrected chi connectivity index (χ0v) is 10.6. The van der Waals surface area contributed by atoms with Gasteiger partial charge in [-0.1, -0.05) is 0 Å². The average molecular weight is 236 g/mol. The van der Waals surface area contributed by atoms with Crippen LogP contribution in [-0.4, -0.2) is 25.7 Å². The lowest BCUT2D eigenvalue weighted by molar-refractivity contribution is 0.0929. The minimum Gasteiger partial charge on any atom is -0.399 e. The molecular formula is C13H20N2O2. The molecule has 1 aromatic carbocycles. The highest BCUT2D eigenvalue weighted by atomic mass is 16.5. The van der Waals surface area contributed by atoms with E-state index < -0.39 is 0 Å². The van der Waals surface area contributed by atoms with Crippen molar-refractivity contribution in [3.8, 4) is 0 Å². The van der Waals surface area contributed by atoms with Crippen molar-refractivity contribution in [2.45, 2.75) is 26.3 Å². The van der Waals surface area contributed by atoms with Crippen molar-refractivity contribution in [3.63, 3.8) is 0 Å². The van der Waals surface area contributed by atoms with Crippen molar-refractivity contribution in [2.75, 3.05) is 19.5 Å². The van der Waals surface area contributed by atoms with E-state index in [-0.39, 0.29) is 11.9 Å².